The number of alkyl halides is 2. The number of rotatable bonds is 2. The third kappa shape index (κ3) is 2.16. The molecule has 0 aliphatic heterocycles. The van der Waals surface area contributed by atoms with Crippen LogP contribution in [0.15, 0.2) is 18.2 Å². The van der Waals surface area contributed by atoms with Crippen LogP contribution in [-0.2, 0) is 5.60 Å². The topological polar surface area (TPSA) is 20.2 Å². The number of halogens is 4. The van der Waals surface area contributed by atoms with Gasteiger partial charge in [0.15, 0.2) is 0 Å². The van der Waals surface area contributed by atoms with Crippen molar-refractivity contribution in [2.75, 3.05) is 0 Å². The quantitative estimate of drug-likeness (QED) is 0.840. The van der Waals surface area contributed by atoms with Gasteiger partial charge < -0.3 is 5.11 Å². The number of hydrogen-bond donors (Lipinski definition) is 1. The fourth-order valence-corrected chi connectivity index (χ4v) is 1.24. The molecule has 0 saturated heterocycles. The Bertz CT molecular complexity index is 340. The van der Waals surface area contributed by atoms with Crippen molar-refractivity contribution in [1.82, 2.24) is 0 Å². The lowest BCUT2D eigenvalue weighted by Crippen LogP contribution is -2.30. The standard InChI is InChI=1S/C9H8Cl2F2O/c1-9(14,8(12)13)5-2-3-6(10)7(11)4-5/h2-4,8,14H,1H3. The second kappa shape index (κ2) is 4.01. The van der Waals surface area contributed by atoms with Gasteiger partial charge in [0.1, 0.15) is 5.60 Å². The van der Waals surface area contributed by atoms with Crippen molar-refractivity contribution in [2.24, 2.45) is 0 Å². The first-order valence-electron chi connectivity index (χ1n) is 3.81. The number of hydrogen-bond acceptors (Lipinski definition) is 1. The molecule has 0 fully saturated rings. The summed E-state index contributed by atoms with van der Waals surface area (Å²) in [6, 6.07) is 3.92. The summed E-state index contributed by atoms with van der Waals surface area (Å²) in [6.45, 7) is 1.03. The van der Waals surface area contributed by atoms with Gasteiger partial charge in [0, 0.05) is 0 Å². The summed E-state index contributed by atoms with van der Waals surface area (Å²) in [5.74, 6) is 0. The molecule has 0 saturated carbocycles. The molecular weight excluding hydrogens is 233 g/mol. The van der Waals surface area contributed by atoms with E-state index in [1.54, 1.807) is 0 Å². The van der Waals surface area contributed by atoms with E-state index in [1.165, 1.54) is 18.2 Å². The van der Waals surface area contributed by atoms with Crippen molar-refractivity contribution in [3.63, 3.8) is 0 Å². The van der Waals surface area contributed by atoms with Crippen molar-refractivity contribution in [3.8, 4) is 0 Å². The predicted molar refractivity (Wildman–Crippen MR) is 52.0 cm³/mol. The van der Waals surface area contributed by atoms with E-state index in [2.05, 4.69) is 0 Å². The molecule has 1 unspecified atom stereocenters. The largest absolute Gasteiger partial charge is 0.379 e. The van der Waals surface area contributed by atoms with Crippen LogP contribution in [0.3, 0.4) is 0 Å². The molecule has 0 aliphatic carbocycles. The summed E-state index contributed by atoms with van der Waals surface area (Å²) >= 11 is 11.2. The highest BCUT2D eigenvalue weighted by Gasteiger charge is 2.34. The molecule has 1 aromatic carbocycles. The zero-order chi connectivity index (χ0) is 10.9. The Hall–Kier alpha value is -0.380. The van der Waals surface area contributed by atoms with E-state index < -0.39 is 12.0 Å². The van der Waals surface area contributed by atoms with E-state index in [0.717, 1.165) is 6.92 Å². The normalized spacial score (nSPS) is 15.6. The van der Waals surface area contributed by atoms with E-state index in [4.69, 9.17) is 23.2 Å². The Morgan fingerprint density at radius 1 is 1.29 bits per heavy atom. The van der Waals surface area contributed by atoms with Crippen molar-refractivity contribution in [2.45, 2.75) is 19.0 Å². The lowest BCUT2D eigenvalue weighted by atomic mass is 9.97. The van der Waals surface area contributed by atoms with E-state index in [0.29, 0.717) is 0 Å². The minimum Gasteiger partial charge on any atom is -0.379 e. The summed E-state index contributed by atoms with van der Waals surface area (Å²) in [5, 5.41) is 9.83. The molecule has 0 spiro atoms. The molecule has 78 valence electrons. The minimum absolute atomic E-state index is 0.0434. The third-order valence-electron chi connectivity index (χ3n) is 1.93. The molecule has 0 amide bonds. The second-order valence-corrected chi connectivity index (χ2v) is 3.89. The average Bonchev–Trinajstić information content (AvgIpc) is 2.09. The molecule has 0 aliphatic rings. The number of benzene rings is 1. The van der Waals surface area contributed by atoms with Crippen LogP contribution in [0.1, 0.15) is 12.5 Å². The van der Waals surface area contributed by atoms with Crippen LogP contribution >= 0.6 is 23.2 Å². The summed E-state index contributed by atoms with van der Waals surface area (Å²) in [4.78, 5) is 0. The van der Waals surface area contributed by atoms with Crippen molar-refractivity contribution in [3.05, 3.63) is 33.8 Å². The monoisotopic (exact) mass is 240 g/mol. The maximum absolute atomic E-state index is 12.4. The van der Waals surface area contributed by atoms with Gasteiger partial charge in [-0.3, -0.25) is 0 Å². The van der Waals surface area contributed by atoms with Crippen LogP contribution in [0.5, 0.6) is 0 Å². The van der Waals surface area contributed by atoms with Crippen LogP contribution in [0.4, 0.5) is 8.78 Å². The minimum atomic E-state index is -2.88. The molecule has 1 rings (SSSR count). The number of aliphatic hydroxyl groups is 1. The smallest absolute Gasteiger partial charge is 0.270 e. The molecule has 14 heavy (non-hydrogen) atoms. The van der Waals surface area contributed by atoms with E-state index in [1.807, 2.05) is 0 Å². The second-order valence-electron chi connectivity index (χ2n) is 3.08. The van der Waals surface area contributed by atoms with E-state index in [9.17, 15) is 13.9 Å². The first-order chi connectivity index (χ1) is 6.35. The van der Waals surface area contributed by atoms with Gasteiger partial charge in [-0.15, -0.1) is 0 Å². The summed E-state index contributed by atoms with van der Waals surface area (Å²) in [7, 11) is 0. The van der Waals surface area contributed by atoms with Gasteiger partial charge in [-0.05, 0) is 24.6 Å². The first-order valence-corrected chi connectivity index (χ1v) is 4.57. The Morgan fingerprint density at radius 2 is 1.86 bits per heavy atom. The molecule has 0 heterocycles. The van der Waals surface area contributed by atoms with Crippen LogP contribution in [0.25, 0.3) is 0 Å². The Balaban J connectivity index is 3.14. The Morgan fingerprint density at radius 3 is 2.29 bits per heavy atom. The van der Waals surface area contributed by atoms with Crippen LogP contribution in [0, 0.1) is 0 Å². The van der Waals surface area contributed by atoms with Gasteiger partial charge in [0.25, 0.3) is 6.43 Å². The molecule has 1 N–H and O–H groups in total. The third-order valence-corrected chi connectivity index (χ3v) is 2.67. The summed E-state index contributed by atoms with van der Waals surface area (Å²) < 4.78 is 24.8. The molecule has 1 aromatic rings. The molecule has 5 heteroatoms. The Kier molecular flexibility index (Phi) is 3.35. The molecule has 0 aromatic heterocycles. The lowest BCUT2D eigenvalue weighted by molar-refractivity contribution is -0.0883. The highest BCUT2D eigenvalue weighted by molar-refractivity contribution is 6.42. The predicted octanol–water partition coefficient (Wildman–Crippen LogP) is 3.47. The fraction of sp³-hybridized carbons (Fsp3) is 0.333. The molecule has 0 radical (unpaired) electrons. The molecule has 1 atom stereocenters. The van der Waals surface area contributed by atoms with Gasteiger partial charge in [-0.2, -0.15) is 0 Å². The first kappa shape index (κ1) is 11.7. The van der Waals surface area contributed by atoms with Crippen LogP contribution < -0.4 is 0 Å². The van der Waals surface area contributed by atoms with Crippen molar-refractivity contribution >= 4 is 23.2 Å². The fourth-order valence-electron chi connectivity index (χ4n) is 0.937. The SMILES string of the molecule is CC(O)(c1ccc(Cl)c(Cl)c1)C(F)F. The lowest BCUT2D eigenvalue weighted by Gasteiger charge is -2.22. The zero-order valence-corrected chi connectivity index (χ0v) is 8.78. The molecule has 1 nitrogen and oxygen atoms in total. The van der Waals surface area contributed by atoms with E-state index >= 15 is 0 Å². The van der Waals surface area contributed by atoms with Crippen molar-refractivity contribution in [1.29, 1.82) is 0 Å². The maximum Gasteiger partial charge on any atom is 0.270 e. The van der Waals surface area contributed by atoms with Gasteiger partial charge in [-0.25, -0.2) is 8.78 Å². The average molecular weight is 241 g/mol. The van der Waals surface area contributed by atoms with Crippen LogP contribution in [0.2, 0.25) is 10.0 Å². The summed E-state index contributed by atoms with van der Waals surface area (Å²) in [6.07, 6.45) is -2.88. The van der Waals surface area contributed by atoms with Gasteiger partial charge in [0.05, 0.1) is 10.0 Å². The van der Waals surface area contributed by atoms with Gasteiger partial charge >= 0.3 is 0 Å². The molecule has 0 bridgehead atoms. The molecular formula is C9H8Cl2F2O. The van der Waals surface area contributed by atoms with E-state index in [-0.39, 0.29) is 15.6 Å². The Labute approximate surface area is 90.3 Å². The highest BCUT2D eigenvalue weighted by Crippen LogP contribution is 2.32. The van der Waals surface area contributed by atoms with Crippen molar-refractivity contribution < 1.29 is 13.9 Å². The zero-order valence-electron chi connectivity index (χ0n) is 7.27. The van der Waals surface area contributed by atoms with Crippen LogP contribution in [-0.4, -0.2) is 11.5 Å². The van der Waals surface area contributed by atoms with Gasteiger partial charge in [-0.1, -0.05) is 29.3 Å². The van der Waals surface area contributed by atoms with Gasteiger partial charge in [0.2, 0.25) is 0 Å². The maximum atomic E-state index is 12.4. The summed E-state index contributed by atoms with van der Waals surface area (Å²) in [5.41, 5.74) is -2.16. The highest BCUT2D eigenvalue weighted by atomic mass is 35.5.